The lowest BCUT2D eigenvalue weighted by Gasteiger charge is -2.25. The Morgan fingerprint density at radius 1 is 1.45 bits per heavy atom. The topological polar surface area (TPSA) is 84.7 Å². The molecule has 7 nitrogen and oxygen atoms in total. The summed E-state index contributed by atoms with van der Waals surface area (Å²) in [5.74, 6) is 0. The third-order valence-electron chi connectivity index (χ3n) is 2.94. The van der Waals surface area contributed by atoms with Crippen molar-refractivity contribution < 1.29 is 8.42 Å². The number of imidazole rings is 1. The zero-order chi connectivity index (χ0) is 15.3. The standard InChI is InChI=1S/C11H19N5O2S2/c1-7-8-9(15(4)13-7)16(10(19)12-8)6-11(2,3)14-20(5,17)18/h14H,6H2,1-5H3,(H,12,19). The van der Waals surface area contributed by atoms with Gasteiger partial charge in [-0.1, -0.05) is 0 Å². The van der Waals surface area contributed by atoms with Gasteiger partial charge < -0.3 is 4.98 Å². The largest absolute Gasteiger partial charge is 0.328 e. The van der Waals surface area contributed by atoms with E-state index in [2.05, 4.69) is 14.8 Å². The van der Waals surface area contributed by atoms with Crippen LogP contribution < -0.4 is 4.72 Å². The molecular formula is C11H19N5O2S2. The molecule has 0 bridgehead atoms. The molecule has 0 aliphatic heterocycles. The van der Waals surface area contributed by atoms with Crippen molar-refractivity contribution in [2.45, 2.75) is 32.9 Å². The number of H-pyrrole nitrogens is 1. The van der Waals surface area contributed by atoms with Crippen LogP contribution in [0.4, 0.5) is 0 Å². The minimum Gasteiger partial charge on any atom is -0.328 e. The van der Waals surface area contributed by atoms with E-state index in [4.69, 9.17) is 12.2 Å². The van der Waals surface area contributed by atoms with Crippen LogP contribution in [-0.4, -0.2) is 39.5 Å². The highest BCUT2D eigenvalue weighted by molar-refractivity contribution is 7.88. The first kappa shape index (κ1) is 15.2. The molecule has 2 N–H and O–H groups in total. The van der Waals surface area contributed by atoms with Crippen LogP contribution in [0, 0.1) is 11.7 Å². The second-order valence-electron chi connectivity index (χ2n) is 5.68. The first-order chi connectivity index (χ1) is 9.00. The average Bonchev–Trinajstić information content (AvgIpc) is 2.64. The molecule has 0 saturated heterocycles. The maximum absolute atomic E-state index is 11.4. The number of hydrogen-bond donors (Lipinski definition) is 2. The molecular weight excluding hydrogens is 298 g/mol. The maximum Gasteiger partial charge on any atom is 0.209 e. The van der Waals surface area contributed by atoms with Crippen LogP contribution in [-0.2, 0) is 23.6 Å². The van der Waals surface area contributed by atoms with E-state index in [1.807, 2.05) is 32.4 Å². The molecule has 112 valence electrons. The van der Waals surface area contributed by atoms with Crippen LogP contribution in [0.5, 0.6) is 0 Å². The van der Waals surface area contributed by atoms with E-state index in [9.17, 15) is 8.42 Å². The zero-order valence-corrected chi connectivity index (χ0v) is 13.8. The van der Waals surface area contributed by atoms with Gasteiger partial charge in [0.15, 0.2) is 10.4 Å². The monoisotopic (exact) mass is 317 g/mol. The summed E-state index contributed by atoms with van der Waals surface area (Å²) in [6, 6.07) is 0. The van der Waals surface area contributed by atoms with Crippen LogP contribution in [0.1, 0.15) is 19.5 Å². The summed E-state index contributed by atoms with van der Waals surface area (Å²) >= 11 is 5.32. The van der Waals surface area contributed by atoms with E-state index in [0.717, 1.165) is 23.1 Å². The van der Waals surface area contributed by atoms with Crippen molar-refractivity contribution in [3.8, 4) is 0 Å². The predicted molar refractivity (Wildman–Crippen MR) is 80.7 cm³/mol. The van der Waals surface area contributed by atoms with Crippen molar-refractivity contribution in [1.82, 2.24) is 24.1 Å². The summed E-state index contributed by atoms with van der Waals surface area (Å²) in [6.45, 7) is 5.95. The second-order valence-corrected chi connectivity index (χ2v) is 7.82. The number of aromatic amines is 1. The molecule has 20 heavy (non-hydrogen) atoms. The molecule has 2 heterocycles. The number of aromatic nitrogens is 4. The van der Waals surface area contributed by atoms with Crippen LogP contribution >= 0.6 is 12.2 Å². The predicted octanol–water partition coefficient (Wildman–Crippen LogP) is 1.07. The van der Waals surface area contributed by atoms with Crippen molar-refractivity contribution in [2.75, 3.05) is 6.26 Å². The van der Waals surface area contributed by atoms with Crippen molar-refractivity contribution in [3.63, 3.8) is 0 Å². The Labute approximate surface area is 123 Å². The SMILES string of the molecule is Cc1nn(C)c2c1[nH]c(=S)n2CC(C)(C)NS(C)(=O)=O. The second kappa shape index (κ2) is 4.68. The molecule has 9 heteroatoms. The molecule has 0 atom stereocenters. The first-order valence-corrected chi connectivity index (χ1v) is 8.41. The molecule has 2 aromatic rings. The smallest absolute Gasteiger partial charge is 0.209 e. The highest BCUT2D eigenvalue weighted by atomic mass is 32.2. The van der Waals surface area contributed by atoms with Gasteiger partial charge in [-0.2, -0.15) is 5.10 Å². The molecule has 0 unspecified atom stereocenters. The van der Waals surface area contributed by atoms with E-state index < -0.39 is 15.6 Å². The lowest BCUT2D eigenvalue weighted by molar-refractivity contribution is 0.391. The normalized spacial score (nSPS) is 13.2. The van der Waals surface area contributed by atoms with Crippen molar-refractivity contribution in [2.24, 2.45) is 7.05 Å². The van der Waals surface area contributed by atoms with Gasteiger partial charge in [0.1, 0.15) is 5.52 Å². The van der Waals surface area contributed by atoms with Crippen molar-refractivity contribution in [1.29, 1.82) is 0 Å². The summed E-state index contributed by atoms with van der Waals surface area (Å²) in [5, 5.41) is 4.34. The van der Waals surface area contributed by atoms with Crippen LogP contribution in [0.2, 0.25) is 0 Å². The van der Waals surface area contributed by atoms with Crippen molar-refractivity contribution >= 4 is 33.4 Å². The van der Waals surface area contributed by atoms with Gasteiger partial charge in [0.05, 0.1) is 11.9 Å². The molecule has 0 saturated carbocycles. The van der Waals surface area contributed by atoms with Crippen LogP contribution in [0.25, 0.3) is 11.2 Å². The molecule has 2 rings (SSSR count). The Hall–Kier alpha value is -1.19. The van der Waals surface area contributed by atoms with E-state index in [1.165, 1.54) is 0 Å². The Balaban J connectivity index is 2.49. The third-order valence-corrected chi connectivity index (χ3v) is 4.19. The van der Waals surface area contributed by atoms with Gasteiger partial charge in [-0.3, -0.25) is 9.25 Å². The number of aryl methyl sites for hydroxylation is 2. The maximum atomic E-state index is 11.4. The molecule has 0 spiro atoms. The lowest BCUT2D eigenvalue weighted by atomic mass is 10.1. The van der Waals surface area contributed by atoms with Gasteiger partial charge >= 0.3 is 0 Å². The Bertz CT molecular complexity index is 810. The Kier molecular flexibility index (Phi) is 3.55. The molecule has 0 aliphatic rings. The van der Waals surface area contributed by atoms with Gasteiger partial charge in [0.2, 0.25) is 10.0 Å². The number of nitrogens with zero attached hydrogens (tertiary/aromatic N) is 3. The fourth-order valence-electron chi connectivity index (χ4n) is 2.45. The van der Waals surface area contributed by atoms with Gasteiger partial charge in [0, 0.05) is 19.1 Å². The molecule has 0 aromatic carbocycles. The quantitative estimate of drug-likeness (QED) is 0.826. The van der Waals surface area contributed by atoms with Crippen molar-refractivity contribution in [3.05, 3.63) is 10.5 Å². The van der Waals surface area contributed by atoms with Gasteiger partial charge in [-0.25, -0.2) is 13.1 Å². The van der Waals surface area contributed by atoms with E-state index >= 15 is 0 Å². The Morgan fingerprint density at radius 2 is 2.05 bits per heavy atom. The highest BCUT2D eigenvalue weighted by Gasteiger charge is 2.25. The minimum atomic E-state index is -3.29. The number of fused-ring (bicyclic) bond motifs is 1. The zero-order valence-electron chi connectivity index (χ0n) is 12.2. The summed E-state index contributed by atoms with van der Waals surface area (Å²) < 4.78 is 29.6. The van der Waals surface area contributed by atoms with Gasteiger partial charge in [-0.15, -0.1) is 0 Å². The average molecular weight is 317 g/mol. The fraction of sp³-hybridized carbons (Fsp3) is 0.636. The first-order valence-electron chi connectivity index (χ1n) is 6.11. The molecule has 0 radical (unpaired) electrons. The summed E-state index contributed by atoms with van der Waals surface area (Å²) in [7, 11) is -1.45. The van der Waals surface area contributed by atoms with E-state index in [-0.39, 0.29) is 0 Å². The van der Waals surface area contributed by atoms with E-state index in [0.29, 0.717) is 11.3 Å². The van der Waals surface area contributed by atoms with Gasteiger partial charge in [-0.05, 0) is 33.0 Å². The fourth-order valence-corrected chi connectivity index (χ4v) is 3.77. The van der Waals surface area contributed by atoms with Gasteiger partial charge in [0.25, 0.3) is 0 Å². The van der Waals surface area contributed by atoms with Crippen LogP contribution in [0.15, 0.2) is 0 Å². The number of sulfonamides is 1. The van der Waals surface area contributed by atoms with Crippen LogP contribution in [0.3, 0.4) is 0 Å². The molecule has 0 amide bonds. The summed E-state index contributed by atoms with van der Waals surface area (Å²) in [4.78, 5) is 3.12. The Morgan fingerprint density at radius 3 is 2.60 bits per heavy atom. The summed E-state index contributed by atoms with van der Waals surface area (Å²) in [5.41, 5.74) is 1.95. The lowest BCUT2D eigenvalue weighted by Crippen LogP contribution is -2.46. The molecule has 2 aromatic heterocycles. The number of rotatable bonds is 4. The molecule has 0 fully saturated rings. The number of nitrogens with one attached hydrogen (secondary N) is 2. The minimum absolute atomic E-state index is 0.415. The summed E-state index contributed by atoms with van der Waals surface area (Å²) in [6.07, 6.45) is 1.15. The van der Waals surface area contributed by atoms with E-state index in [1.54, 1.807) is 4.68 Å². The third kappa shape index (κ3) is 2.94. The molecule has 0 aliphatic carbocycles. The highest BCUT2D eigenvalue weighted by Crippen LogP contribution is 2.19. The number of hydrogen-bond acceptors (Lipinski definition) is 4.